The molecule has 1 aromatic rings. The summed E-state index contributed by atoms with van der Waals surface area (Å²) in [6, 6.07) is 0. The maximum Gasteiger partial charge on any atom is 0.202 e. The molecule has 5 nitrogen and oxygen atoms in total. The first-order valence-electron chi connectivity index (χ1n) is 4.42. The molecule has 0 saturated heterocycles. The van der Waals surface area contributed by atoms with Crippen molar-refractivity contribution in [3.63, 3.8) is 0 Å². The van der Waals surface area contributed by atoms with Crippen LogP contribution in [0.25, 0.3) is 0 Å². The Hall–Kier alpha value is -1.17. The minimum atomic E-state index is 0.587. The number of nitrogens with zero attached hydrogens (tertiary/aromatic N) is 3. The van der Waals surface area contributed by atoms with E-state index in [4.69, 9.17) is 4.84 Å². The third-order valence-electron chi connectivity index (χ3n) is 1.45. The molecule has 0 spiro atoms. The summed E-state index contributed by atoms with van der Waals surface area (Å²) in [6.07, 6.45) is 0.637. The summed E-state index contributed by atoms with van der Waals surface area (Å²) in [6.45, 7) is 4.39. The maximum atomic E-state index is 4.92. The molecular formula is C8H14N4OS. The first-order chi connectivity index (χ1) is 6.76. The Balaban J connectivity index is 2.51. The van der Waals surface area contributed by atoms with E-state index < -0.39 is 0 Å². The second-order valence-corrected chi connectivity index (χ2v) is 3.44. The topological polar surface area (TPSA) is 59.4 Å². The smallest absolute Gasteiger partial charge is 0.202 e. The summed E-state index contributed by atoms with van der Waals surface area (Å²) in [4.78, 5) is 9.16. The van der Waals surface area contributed by atoms with Crippen LogP contribution in [0, 0.1) is 0 Å². The zero-order valence-electron chi connectivity index (χ0n) is 8.57. The van der Waals surface area contributed by atoms with Gasteiger partial charge in [-0.25, -0.2) is 4.98 Å². The van der Waals surface area contributed by atoms with Crippen molar-refractivity contribution in [2.45, 2.75) is 20.3 Å². The van der Waals surface area contributed by atoms with Crippen molar-refractivity contribution < 1.29 is 4.84 Å². The van der Waals surface area contributed by atoms with Crippen LogP contribution in [0.15, 0.2) is 5.16 Å². The first-order valence-corrected chi connectivity index (χ1v) is 5.19. The molecule has 78 valence electrons. The monoisotopic (exact) mass is 214 g/mol. The van der Waals surface area contributed by atoms with E-state index in [2.05, 4.69) is 19.8 Å². The SMILES string of the molecule is CCO/N=C(\C)Cc1nsc(NC)n1. The number of oxime groups is 1. The summed E-state index contributed by atoms with van der Waals surface area (Å²) < 4.78 is 4.17. The lowest BCUT2D eigenvalue weighted by Gasteiger charge is -1.96. The maximum absolute atomic E-state index is 4.92. The molecule has 1 aromatic heterocycles. The van der Waals surface area contributed by atoms with Gasteiger partial charge in [0.05, 0.1) is 12.1 Å². The first kappa shape index (κ1) is 10.9. The van der Waals surface area contributed by atoms with Gasteiger partial charge in [0.25, 0.3) is 0 Å². The van der Waals surface area contributed by atoms with Crippen molar-refractivity contribution in [1.82, 2.24) is 9.36 Å². The molecule has 0 atom stereocenters. The van der Waals surface area contributed by atoms with Crippen LogP contribution in [0.2, 0.25) is 0 Å². The number of hydrogen-bond donors (Lipinski definition) is 1. The van der Waals surface area contributed by atoms with Gasteiger partial charge in [-0.1, -0.05) is 5.16 Å². The number of nitrogens with one attached hydrogen (secondary N) is 1. The fraction of sp³-hybridized carbons (Fsp3) is 0.625. The van der Waals surface area contributed by atoms with Gasteiger partial charge in [0, 0.05) is 18.6 Å². The highest BCUT2D eigenvalue weighted by Crippen LogP contribution is 2.10. The average molecular weight is 214 g/mol. The molecule has 0 aliphatic carbocycles. The zero-order chi connectivity index (χ0) is 10.4. The molecule has 1 N–H and O–H groups in total. The molecule has 0 saturated carbocycles. The summed E-state index contributed by atoms with van der Waals surface area (Å²) in [5.41, 5.74) is 0.882. The molecule has 0 bridgehead atoms. The summed E-state index contributed by atoms with van der Waals surface area (Å²) in [5, 5.41) is 7.65. The Kier molecular flexibility index (Phi) is 4.31. The van der Waals surface area contributed by atoms with E-state index in [0.717, 1.165) is 16.7 Å². The van der Waals surface area contributed by atoms with Crippen molar-refractivity contribution in [1.29, 1.82) is 0 Å². The van der Waals surface area contributed by atoms with Gasteiger partial charge in [-0.2, -0.15) is 4.37 Å². The van der Waals surface area contributed by atoms with Crippen molar-refractivity contribution in [2.24, 2.45) is 5.16 Å². The van der Waals surface area contributed by atoms with Crippen LogP contribution in [0.4, 0.5) is 5.13 Å². The van der Waals surface area contributed by atoms with Gasteiger partial charge in [-0.15, -0.1) is 0 Å². The minimum absolute atomic E-state index is 0.587. The van der Waals surface area contributed by atoms with Crippen LogP contribution in [0.1, 0.15) is 19.7 Å². The van der Waals surface area contributed by atoms with E-state index in [1.807, 2.05) is 20.9 Å². The molecule has 0 radical (unpaired) electrons. The van der Waals surface area contributed by atoms with E-state index in [-0.39, 0.29) is 0 Å². The zero-order valence-corrected chi connectivity index (χ0v) is 9.39. The predicted molar refractivity (Wildman–Crippen MR) is 57.9 cm³/mol. The second-order valence-electron chi connectivity index (χ2n) is 2.69. The lowest BCUT2D eigenvalue weighted by Crippen LogP contribution is -2.01. The van der Waals surface area contributed by atoms with E-state index in [1.54, 1.807) is 0 Å². The molecule has 0 unspecified atom stereocenters. The molecule has 0 aliphatic rings. The molecule has 0 aliphatic heterocycles. The summed E-state index contributed by atoms with van der Waals surface area (Å²) >= 11 is 1.35. The number of hydrogen-bond acceptors (Lipinski definition) is 6. The normalized spacial score (nSPS) is 11.5. The second kappa shape index (κ2) is 5.54. The Bertz CT molecular complexity index is 310. The summed E-state index contributed by atoms with van der Waals surface area (Å²) in [5.74, 6) is 0.778. The predicted octanol–water partition coefficient (Wildman–Crippen LogP) is 1.53. The fourth-order valence-corrected chi connectivity index (χ4v) is 1.40. The van der Waals surface area contributed by atoms with Crippen molar-refractivity contribution in [3.05, 3.63) is 5.82 Å². The van der Waals surface area contributed by atoms with Crippen molar-refractivity contribution >= 4 is 22.4 Å². The molecule has 0 fully saturated rings. The van der Waals surface area contributed by atoms with E-state index in [1.165, 1.54) is 11.5 Å². The molecule has 14 heavy (non-hydrogen) atoms. The third-order valence-corrected chi connectivity index (χ3v) is 2.22. The van der Waals surface area contributed by atoms with Crippen LogP contribution >= 0.6 is 11.5 Å². The quantitative estimate of drug-likeness (QED) is 0.596. The minimum Gasteiger partial charge on any atom is -0.396 e. The van der Waals surface area contributed by atoms with E-state index in [9.17, 15) is 0 Å². The van der Waals surface area contributed by atoms with Crippen molar-refractivity contribution in [3.8, 4) is 0 Å². The summed E-state index contributed by atoms with van der Waals surface area (Å²) in [7, 11) is 1.82. The van der Waals surface area contributed by atoms with Crippen molar-refractivity contribution in [2.75, 3.05) is 19.0 Å². The molecule has 0 amide bonds. The largest absolute Gasteiger partial charge is 0.396 e. The van der Waals surface area contributed by atoms with Gasteiger partial charge in [-0.05, 0) is 13.8 Å². The Morgan fingerprint density at radius 1 is 1.64 bits per heavy atom. The van der Waals surface area contributed by atoms with Gasteiger partial charge >= 0.3 is 0 Å². The molecule has 1 heterocycles. The van der Waals surface area contributed by atoms with Gasteiger partial charge in [-0.3, -0.25) is 0 Å². The molecule has 6 heteroatoms. The standard InChI is InChI=1S/C8H14N4OS/c1-4-13-11-6(2)5-7-10-8(9-3)14-12-7/h4-5H2,1-3H3,(H,9,10,12)/b11-6+. The Morgan fingerprint density at radius 3 is 3.00 bits per heavy atom. The van der Waals surface area contributed by atoms with Crippen LogP contribution in [0.3, 0.4) is 0 Å². The number of aromatic nitrogens is 2. The highest BCUT2D eigenvalue weighted by Gasteiger charge is 2.03. The Labute approximate surface area is 87.4 Å². The van der Waals surface area contributed by atoms with Gasteiger partial charge in [0.1, 0.15) is 12.4 Å². The number of rotatable bonds is 5. The van der Waals surface area contributed by atoms with Crippen LogP contribution in [0.5, 0.6) is 0 Å². The van der Waals surface area contributed by atoms with Crippen LogP contribution in [-0.4, -0.2) is 28.7 Å². The van der Waals surface area contributed by atoms with Gasteiger partial charge < -0.3 is 10.2 Å². The van der Waals surface area contributed by atoms with E-state index >= 15 is 0 Å². The average Bonchev–Trinajstić information content (AvgIpc) is 2.62. The lowest BCUT2D eigenvalue weighted by molar-refractivity contribution is 0.158. The van der Waals surface area contributed by atoms with E-state index in [0.29, 0.717) is 13.0 Å². The molecule has 0 aromatic carbocycles. The molecule has 1 rings (SSSR count). The number of anilines is 1. The fourth-order valence-electron chi connectivity index (χ4n) is 0.863. The highest BCUT2D eigenvalue weighted by atomic mass is 32.1. The van der Waals surface area contributed by atoms with Gasteiger partial charge in [0.2, 0.25) is 5.13 Å². The van der Waals surface area contributed by atoms with Gasteiger partial charge in [0.15, 0.2) is 0 Å². The third kappa shape index (κ3) is 3.29. The van der Waals surface area contributed by atoms with Crippen LogP contribution in [-0.2, 0) is 11.3 Å². The highest BCUT2D eigenvalue weighted by molar-refractivity contribution is 7.09. The van der Waals surface area contributed by atoms with Crippen LogP contribution < -0.4 is 5.32 Å². The lowest BCUT2D eigenvalue weighted by atomic mass is 10.3. The Morgan fingerprint density at radius 2 is 2.43 bits per heavy atom. The molecular weight excluding hydrogens is 200 g/mol.